The molecule has 0 fully saturated rings. The average molecular weight is 420 g/mol. The summed E-state index contributed by atoms with van der Waals surface area (Å²) in [4.78, 5) is 13.8. The third kappa shape index (κ3) is 5.54. The van der Waals surface area contributed by atoms with E-state index in [2.05, 4.69) is 37.7 Å². The molecule has 0 aliphatic rings. The number of nitrogens with one attached hydrogen (secondary N) is 2. The highest BCUT2D eigenvalue weighted by Crippen LogP contribution is 2.33. The van der Waals surface area contributed by atoms with Crippen molar-refractivity contribution >= 4 is 44.4 Å². The number of fused-ring (bicyclic) bond motifs is 1. The Morgan fingerprint density at radius 1 is 1.18 bits per heavy atom. The number of rotatable bonds is 9. The molecule has 0 saturated carbocycles. The van der Waals surface area contributed by atoms with E-state index in [0.29, 0.717) is 28.3 Å². The van der Waals surface area contributed by atoms with Gasteiger partial charge in [0.1, 0.15) is 4.70 Å². The second-order valence-electron chi connectivity index (χ2n) is 7.20. The number of nitrogens with zero attached hydrogens (tertiary/aromatic N) is 3. The molecular formula is C19H25N5O2S2. The molecule has 3 rings (SSSR count). The van der Waals surface area contributed by atoms with E-state index in [9.17, 15) is 10.2 Å². The summed E-state index contributed by atoms with van der Waals surface area (Å²) >= 11 is 2.97. The van der Waals surface area contributed by atoms with Crippen LogP contribution in [0.3, 0.4) is 0 Å². The highest BCUT2D eigenvalue weighted by molar-refractivity contribution is 7.98. The van der Waals surface area contributed by atoms with Crippen molar-refractivity contribution in [2.75, 3.05) is 23.8 Å². The lowest BCUT2D eigenvalue weighted by atomic mass is 10.1. The molecule has 9 heteroatoms. The van der Waals surface area contributed by atoms with Crippen LogP contribution in [0.25, 0.3) is 10.3 Å². The van der Waals surface area contributed by atoms with Crippen LogP contribution in [0.5, 0.6) is 0 Å². The van der Waals surface area contributed by atoms with E-state index in [0.717, 1.165) is 10.5 Å². The predicted molar refractivity (Wildman–Crippen MR) is 116 cm³/mol. The van der Waals surface area contributed by atoms with Crippen molar-refractivity contribution in [1.82, 2.24) is 15.0 Å². The summed E-state index contributed by atoms with van der Waals surface area (Å²) in [6.45, 7) is 5.91. The van der Waals surface area contributed by atoms with Gasteiger partial charge in [-0.05, 0) is 26.3 Å². The maximum absolute atomic E-state index is 9.64. The quantitative estimate of drug-likeness (QED) is 0.309. The maximum atomic E-state index is 9.64. The van der Waals surface area contributed by atoms with Crippen molar-refractivity contribution in [2.45, 2.75) is 43.3 Å². The summed E-state index contributed by atoms with van der Waals surface area (Å²) in [7, 11) is 0. The van der Waals surface area contributed by atoms with Gasteiger partial charge in [-0.1, -0.05) is 53.4 Å². The van der Waals surface area contributed by atoms with Gasteiger partial charge in [-0.3, -0.25) is 0 Å². The number of aromatic nitrogens is 3. The number of benzene rings is 1. The maximum Gasteiger partial charge on any atom is 0.191 e. The molecule has 0 radical (unpaired) electrons. The van der Waals surface area contributed by atoms with Crippen molar-refractivity contribution in [3.8, 4) is 0 Å². The molecule has 1 aromatic carbocycles. The SMILES string of the molecule is CC(O)CNc1nc2nc(SCc3ccccc3)nc(NC(C)(C)CO)c2s1. The molecule has 2 heterocycles. The zero-order valence-corrected chi connectivity index (χ0v) is 17.8. The van der Waals surface area contributed by atoms with Crippen LogP contribution >= 0.6 is 23.1 Å². The molecule has 0 spiro atoms. The Morgan fingerprint density at radius 2 is 1.93 bits per heavy atom. The largest absolute Gasteiger partial charge is 0.394 e. The molecule has 0 bridgehead atoms. The monoisotopic (exact) mass is 419 g/mol. The lowest BCUT2D eigenvalue weighted by Gasteiger charge is -2.24. The first-order valence-electron chi connectivity index (χ1n) is 9.02. The molecule has 2 aromatic heterocycles. The number of anilines is 2. The Kier molecular flexibility index (Phi) is 6.71. The fourth-order valence-electron chi connectivity index (χ4n) is 2.35. The van der Waals surface area contributed by atoms with Crippen LogP contribution in [-0.4, -0.2) is 50.0 Å². The van der Waals surface area contributed by atoms with Crippen LogP contribution < -0.4 is 10.6 Å². The predicted octanol–water partition coefficient (Wildman–Crippen LogP) is 3.35. The standard InChI is InChI=1S/C19H25N5O2S2/c1-12(26)9-20-17-21-15-14(28-17)16(24-19(2,3)11-25)23-18(22-15)27-10-13-7-5-4-6-8-13/h4-8,12,25-26H,9-11H2,1-3H3,(H2,20,21,22,23,24). The Bertz CT molecular complexity index is 915. The minimum absolute atomic E-state index is 0.0308. The van der Waals surface area contributed by atoms with E-state index < -0.39 is 11.6 Å². The Labute approximate surface area is 172 Å². The van der Waals surface area contributed by atoms with Crippen LogP contribution in [0.4, 0.5) is 10.9 Å². The van der Waals surface area contributed by atoms with Crippen molar-refractivity contribution in [1.29, 1.82) is 0 Å². The first-order chi connectivity index (χ1) is 13.4. The first kappa shape index (κ1) is 20.8. The van der Waals surface area contributed by atoms with Crippen LogP contribution in [-0.2, 0) is 5.75 Å². The fourth-order valence-corrected chi connectivity index (χ4v) is 4.00. The highest BCUT2D eigenvalue weighted by Gasteiger charge is 2.21. The summed E-state index contributed by atoms with van der Waals surface area (Å²) in [5, 5.41) is 26.9. The van der Waals surface area contributed by atoms with Gasteiger partial charge in [0.05, 0.1) is 18.2 Å². The van der Waals surface area contributed by atoms with Crippen LogP contribution in [0.1, 0.15) is 26.3 Å². The zero-order chi connectivity index (χ0) is 20.1. The topological polar surface area (TPSA) is 103 Å². The van der Waals surface area contributed by atoms with Gasteiger partial charge >= 0.3 is 0 Å². The van der Waals surface area contributed by atoms with Crippen LogP contribution in [0.2, 0.25) is 0 Å². The van der Waals surface area contributed by atoms with Crippen molar-refractivity contribution in [3.05, 3.63) is 35.9 Å². The molecule has 7 nitrogen and oxygen atoms in total. The molecule has 150 valence electrons. The minimum Gasteiger partial charge on any atom is -0.394 e. The van der Waals surface area contributed by atoms with Gasteiger partial charge in [0.2, 0.25) is 0 Å². The summed E-state index contributed by atoms with van der Waals surface area (Å²) in [6.07, 6.45) is -0.471. The Morgan fingerprint density at radius 3 is 2.61 bits per heavy atom. The smallest absolute Gasteiger partial charge is 0.191 e. The number of thioether (sulfide) groups is 1. The number of thiazole rings is 1. The molecule has 0 saturated heterocycles. The van der Waals surface area contributed by atoms with E-state index in [1.807, 2.05) is 32.0 Å². The van der Waals surface area contributed by atoms with Gasteiger partial charge in [-0.25, -0.2) is 9.97 Å². The normalized spacial score (nSPS) is 12.9. The van der Waals surface area contributed by atoms with E-state index in [1.54, 1.807) is 18.7 Å². The average Bonchev–Trinajstić information content (AvgIpc) is 3.09. The Hall–Kier alpha value is -1.94. The molecule has 0 aliphatic heterocycles. The van der Waals surface area contributed by atoms with E-state index in [-0.39, 0.29) is 6.61 Å². The molecular weight excluding hydrogens is 394 g/mol. The van der Waals surface area contributed by atoms with E-state index in [1.165, 1.54) is 16.9 Å². The summed E-state index contributed by atoms with van der Waals surface area (Å²) in [5.41, 5.74) is 1.26. The Balaban J connectivity index is 1.90. The molecule has 1 unspecified atom stereocenters. The molecule has 3 aromatic rings. The second kappa shape index (κ2) is 9.04. The van der Waals surface area contributed by atoms with Gasteiger partial charge in [0, 0.05) is 12.3 Å². The number of aliphatic hydroxyl groups is 2. The molecule has 1 atom stereocenters. The fraction of sp³-hybridized carbons (Fsp3) is 0.421. The second-order valence-corrected chi connectivity index (χ2v) is 9.14. The lowest BCUT2D eigenvalue weighted by molar-refractivity contribution is 0.208. The first-order valence-corrected chi connectivity index (χ1v) is 10.8. The van der Waals surface area contributed by atoms with Gasteiger partial charge < -0.3 is 20.8 Å². The van der Waals surface area contributed by atoms with Crippen molar-refractivity contribution < 1.29 is 10.2 Å². The van der Waals surface area contributed by atoms with Gasteiger partial charge in [-0.2, -0.15) is 4.98 Å². The molecule has 0 aliphatic carbocycles. The van der Waals surface area contributed by atoms with Crippen molar-refractivity contribution in [2.24, 2.45) is 0 Å². The summed E-state index contributed by atoms with van der Waals surface area (Å²) < 4.78 is 0.818. The van der Waals surface area contributed by atoms with Gasteiger partial charge in [-0.15, -0.1) is 0 Å². The molecule has 28 heavy (non-hydrogen) atoms. The number of aliphatic hydroxyl groups excluding tert-OH is 2. The van der Waals surface area contributed by atoms with Crippen LogP contribution in [0.15, 0.2) is 35.5 Å². The molecule has 4 N–H and O–H groups in total. The van der Waals surface area contributed by atoms with E-state index in [4.69, 9.17) is 0 Å². The minimum atomic E-state index is -0.528. The van der Waals surface area contributed by atoms with Gasteiger partial charge in [0.15, 0.2) is 21.8 Å². The third-order valence-electron chi connectivity index (χ3n) is 3.84. The lowest BCUT2D eigenvalue weighted by Crippen LogP contribution is -2.35. The van der Waals surface area contributed by atoms with Gasteiger partial charge in [0.25, 0.3) is 0 Å². The summed E-state index contributed by atoms with van der Waals surface area (Å²) in [5.74, 6) is 1.41. The number of hydrogen-bond acceptors (Lipinski definition) is 9. The van der Waals surface area contributed by atoms with Crippen molar-refractivity contribution in [3.63, 3.8) is 0 Å². The third-order valence-corrected chi connectivity index (χ3v) is 5.77. The van der Waals surface area contributed by atoms with Crippen LogP contribution in [0, 0.1) is 0 Å². The zero-order valence-electron chi connectivity index (χ0n) is 16.1. The molecule has 0 amide bonds. The van der Waals surface area contributed by atoms with E-state index >= 15 is 0 Å². The highest BCUT2D eigenvalue weighted by atomic mass is 32.2. The summed E-state index contributed by atoms with van der Waals surface area (Å²) in [6, 6.07) is 10.2. The number of hydrogen-bond donors (Lipinski definition) is 4.